The maximum atomic E-state index is 9.64. The summed E-state index contributed by atoms with van der Waals surface area (Å²) in [4.78, 5) is 0. The Bertz CT molecular complexity index is 288. The standard InChI is InChI=1S/C8H15N3OS2/c1-6-10-11-7(14-6)13-4-3-8(2,12)5-9/h12H,3-5,9H2,1-2H3. The molecule has 0 aliphatic heterocycles. The zero-order chi connectivity index (χ0) is 10.6. The van der Waals surface area contributed by atoms with Gasteiger partial charge in [0.05, 0.1) is 5.60 Å². The maximum absolute atomic E-state index is 9.64. The average Bonchev–Trinajstić information content (AvgIpc) is 2.51. The van der Waals surface area contributed by atoms with Crippen LogP contribution in [0.3, 0.4) is 0 Å². The Labute approximate surface area is 91.9 Å². The Hall–Kier alpha value is -0.170. The molecule has 3 N–H and O–H groups in total. The minimum absolute atomic E-state index is 0.294. The van der Waals surface area contributed by atoms with E-state index >= 15 is 0 Å². The Morgan fingerprint density at radius 2 is 2.29 bits per heavy atom. The highest BCUT2D eigenvalue weighted by Crippen LogP contribution is 2.24. The van der Waals surface area contributed by atoms with E-state index in [0.717, 1.165) is 15.1 Å². The first-order valence-electron chi connectivity index (χ1n) is 4.39. The van der Waals surface area contributed by atoms with Crippen molar-refractivity contribution in [3.63, 3.8) is 0 Å². The van der Waals surface area contributed by atoms with Gasteiger partial charge in [0.15, 0.2) is 4.34 Å². The number of thioether (sulfide) groups is 1. The van der Waals surface area contributed by atoms with E-state index in [1.807, 2.05) is 6.92 Å². The SMILES string of the molecule is Cc1nnc(SCCC(C)(O)CN)s1. The molecule has 1 aromatic heterocycles. The molecule has 1 unspecified atom stereocenters. The lowest BCUT2D eigenvalue weighted by Gasteiger charge is -2.19. The van der Waals surface area contributed by atoms with Crippen molar-refractivity contribution in [1.29, 1.82) is 0 Å². The number of nitrogens with two attached hydrogens (primary N) is 1. The van der Waals surface area contributed by atoms with Crippen molar-refractivity contribution in [3.05, 3.63) is 5.01 Å². The average molecular weight is 233 g/mol. The minimum atomic E-state index is -0.757. The molecule has 1 atom stereocenters. The molecule has 0 radical (unpaired) electrons. The summed E-state index contributed by atoms with van der Waals surface area (Å²) in [5, 5.41) is 18.5. The number of aryl methyl sites for hydroxylation is 1. The van der Waals surface area contributed by atoms with Gasteiger partial charge < -0.3 is 10.8 Å². The topological polar surface area (TPSA) is 72.0 Å². The number of nitrogens with zero attached hydrogens (tertiary/aromatic N) is 2. The lowest BCUT2D eigenvalue weighted by atomic mass is 10.1. The molecular weight excluding hydrogens is 218 g/mol. The molecule has 0 fully saturated rings. The second-order valence-electron chi connectivity index (χ2n) is 3.39. The van der Waals surface area contributed by atoms with E-state index in [-0.39, 0.29) is 0 Å². The van der Waals surface area contributed by atoms with Crippen molar-refractivity contribution >= 4 is 23.1 Å². The van der Waals surface area contributed by atoms with Gasteiger partial charge in [0.2, 0.25) is 0 Å². The molecule has 0 aromatic carbocycles. The third kappa shape index (κ3) is 3.91. The second-order valence-corrected chi connectivity index (χ2v) is 5.91. The van der Waals surface area contributed by atoms with Crippen LogP contribution in [0.25, 0.3) is 0 Å². The fourth-order valence-corrected chi connectivity index (χ4v) is 2.88. The van der Waals surface area contributed by atoms with Gasteiger partial charge in [-0.25, -0.2) is 0 Å². The Balaban J connectivity index is 2.28. The van der Waals surface area contributed by atoms with Gasteiger partial charge in [0.25, 0.3) is 0 Å². The van der Waals surface area contributed by atoms with Crippen LogP contribution in [0.5, 0.6) is 0 Å². The van der Waals surface area contributed by atoms with E-state index in [1.54, 1.807) is 30.0 Å². The van der Waals surface area contributed by atoms with Crippen LogP contribution in [0, 0.1) is 6.92 Å². The molecule has 80 valence electrons. The van der Waals surface area contributed by atoms with E-state index in [2.05, 4.69) is 10.2 Å². The van der Waals surface area contributed by atoms with Gasteiger partial charge in [-0.1, -0.05) is 23.1 Å². The van der Waals surface area contributed by atoms with Gasteiger partial charge in [-0.3, -0.25) is 0 Å². The molecule has 0 bridgehead atoms. The smallest absolute Gasteiger partial charge is 0.174 e. The number of aliphatic hydroxyl groups is 1. The summed E-state index contributed by atoms with van der Waals surface area (Å²) in [5.74, 6) is 0.818. The monoisotopic (exact) mass is 233 g/mol. The van der Waals surface area contributed by atoms with Crippen LogP contribution >= 0.6 is 23.1 Å². The third-order valence-electron chi connectivity index (χ3n) is 1.81. The molecule has 6 heteroatoms. The van der Waals surface area contributed by atoms with Gasteiger partial charge in [-0.05, 0) is 20.3 Å². The van der Waals surface area contributed by atoms with Crippen molar-refractivity contribution in [1.82, 2.24) is 10.2 Å². The van der Waals surface area contributed by atoms with Crippen molar-refractivity contribution in [2.75, 3.05) is 12.3 Å². The summed E-state index contributed by atoms with van der Waals surface area (Å²) in [7, 11) is 0. The molecule has 0 spiro atoms. The van der Waals surface area contributed by atoms with Crippen molar-refractivity contribution in [3.8, 4) is 0 Å². The minimum Gasteiger partial charge on any atom is -0.389 e. The van der Waals surface area contributed by atoms with Gasteiger partial charge in [-0.15, -0.1) is 10.2 Å². The first-order chi connectivity index (χ1) is 6.53. The first kappa shape index (κ1) is 11.9. The highest BCUT2D eigenvalue weighted by atomic mass is 32.2. The van der Waals surface area contributed by atoms with E-state index < -0.39 is 5.60 Å². The normalized spacial score (nSPS) is 15.4. The van der Waals surface area contributed by atoms with Crippen molar-refractivity contribution < 1.29 is 5.11 Å². The molecule has 4 nitrogen and oxygen atoms in total. The highest BCUT2D eigenvalue weighted by molar-refractivity contribution is 8.01. The van der Waals surface area contributed by atoms with Gasteiger partial charge >= 0.3 is 0 Å². The van der Waals surface area contributed by atoms with Gasteiger partial charge in [-0.2, -0.15) is 0 Å². The Morgan fingerprint density at radius 3 is 2.79 bits per heavy atom. The molecule has 14 heavy (non-hydrogen) atoms. The summed E-state index contributed by atoms with van der Waals surface area (Å²) in [6.45, 7) is 3.97. The largest absolute Gasteiger partial charge is 0.389 e. The zero-order valence-corrected chi connectivity index (χ0v) is 9.99. The lowest BCUT2D eigenvalue weighted by molar-refractivity contribution is 0.0665. The summed E-state index contributed by atoms with van der Waals surface area (Å²) < 4.78 is 0.954. The third-order valence-corrected chi connectivity index (χ3v) is 3.79. The maximum Gasteiger partial charge on any atom is 0.174 e. The molecule has 0 saturated carbocycles. The van der Waals surface area contributed by atoms with Crippen LogP contribution in [0.4, 0.5) is 0 Å². The molecule has 1 rings (SSSR count). The summed E-state index contributed by atoms with van der Waals surface area (Å²) in [5.41, 5.74) is 4.65. The fourth-order valence-electron chi connectivity index (χ4n) is 0.797. The van der Waals surface area contributed by atoms with Crippen LogP contribution in [0.2, 0.25) is 0 Å². The lowest BCUT2D eigenvalue weighted by Crippen LogP contribution is -2.34. The fraction of sp³-hybridized carbons (Fsp3) is 0.750. The Kier molecular flexibility index (Phi) is 4.31. The van der Waals surface area contributed by atoms with Crippen LogP contribution in [0.1, 0.15) is 18.4 Å². The molecule has 0 aliphatic rings. The molecule has 0 saturated heterocycles. The Morgan fingerprint density at radius 1 is 1.57 bits per heavy atom. The predicted molar refractivity (Wildman–Crippen MR) is 59.7 cm³/mol. The molecule has 0 amide bonds. The number of aromatic nitrogens is 2. The summed E-state index contributed by atoms with van der Waals surface area (Å²) in [6.07, 6.45) is 0.673. The molecular formula is C8H15N3OS2. The number of hydrogen-bond donors (Lipinski definition) is 2. The van der Waals surface area contributed by atoms with Gasteiger partial charge in [0, 0.05) is 12.3 Å². The summed E-state index contributed by atoms with van der Waals surface area (Å²) in [6, 6.07) is 0. The van der Waals surface area contributed by atoms with E-state index in [1.165, 1.54) is 0 Å². The molecule has 1 aromatic rings. The van der Waals surface area contributed by atoms with Gasteiger partial charge in [0.1, 0.15) is 5.01 Å². The molecule has 1 heterocycles. The highest BCUT2D eigenvalue weighted by Gasteiger charge is 2.17. The first-order valence-corrected chi connectivity index (χ1v) is 6.19. The van der Waals surface area contributed by atoms with Crippen LogP contribution in [-0.4, -0.2) is 33.2 Å². The van der Waals surface area contributed by atoms with E-state index in [4.69, 9.17) is 5.73 Å². The zero-order valence-electron chi connectivity index (χ0n) is 8.36. The van der Waals surface area contributed by atoms with Crippen LogP contribution in [0.15, 0.2) is 4.34 Å². The van der Waals surface area contributed by atoms with E-state index in [0.29, 0.717) is 13.0 Å². The predicted octanol–water partition coefficient (Wildman–Crippen LogP) is 1.04. The van der Waals surface area contributed by atoms with Crippen LogP contribution < -0.4 is 5.73 Å². The quantitative estimate of drug-likeness (QED) is 0.743. The number of rotatable bonds is 5. The second kappa shape index (κ2) is 5.06. The van der Waals surface area contributed by atoms with E-state index in [9.17, 15) is 5.11 Å². The number of hydrogen-bond acceptors (Lipinski definition) is 6. The van der Waals surface area contributed by atoms with Crippen molar-refractivity contribution in [2.45, 2.75) is 30.2 Å². The van der Waals surface area contributed by atoms with Crippen molar-refractivity contribution in [2.24, 2.45) is 5.73 Å². The van der Waals surface area contributed by atoms with Crippen LogP contribution in [-0.2, 0) is 0 Å². The summed E-state index contributed by atoms with van der Waals surface area (Å²) >= 11 is 3.19. The molecule has 0 aliphatic carbocycles.